The molecule has 2 atom stereocenters. The van der Waals surface area contributed by atoms with E-state index in [1.54, 1.807) is 7.11 Å². The van der Waals surface area contributed by atoms with Gasteiger partial charge in [0.25, 0.3) is 0 Å². The lowest BCUT2D eigenvalue weighted by molar-refractivity contribution is 0.383. The lowest BCUT2D eigenvalue weighted by Gasteiger charge is -2.30. The van der Waals surface area contributed by atoms with Gasteiger partial charge >= 0.3 is 0 Å². The van der Waals surface area contributed by atoms with Gasteiger partial charge in [0.2, 0.25) is 0 Å². The third-order valence-corrected chi connectivity index (χ3v) is 4.57. The number of nitrogens with zero attached hydrogens (tertiary/aromatic N) is 1. The molecule has 0 aromatic heterocycles. The Balaban J connectivity index is 2.21. The highest BCUT2D eigenvalue weighted by molar-refractivity contribution is 6.33. The summed E-state index contributed by atoms with van der Waals surface area (Å²) in [6.45, 7) is 7.68. The van der Waals surface area contributed by atoms with Crippen LogP contribution in [-0.2, 0) is 0 Å². The van der Waals surface area contributed by atoms with Crippen molar-refractivity contribution >= 4 is 17.3 Å². The maximum atomic E-state index is 6.38. The first-order valence-electron chi connectivity index (χ1n) is 7.47. The Morgan fingerprint density at radius 1 is 1.50 bits per heavy atom. The van der Waals surface area contributed by atoms with Gasteiger partial charge in [-0.3, -0.25) is 0 Å². The van der Waals surface area contributed by atoms with Crippen LogP contribution in [0.3, 0.4) is 0 Å². The number of rotatable bonds is 4. The lowest BCUT2D eigenvalue weighted by Crippen LogP contribution is -2.42. The summed E-state index contributed by atoms with van der Waals surface area (Å²) in [7, 11) is 1.69. The third kappa shape index (κ3) is 3.58. The molecule has 3 nitrogen and oxygen atoms in total. The summed E-state index contributed by atoms with van der Waals surface area (Å²) in [4.78, 5) is 2.39. The summed E-state index contributed by atoms with van der Waals surface area (Å²) < 4.78 is 5.33. The second-order valence-corrected chi connectivity index (χ2v) is 5.97. The minimum absolute atomic E-state index is 0.518. The van der Waals surface area contributed by atoms with Crippen molar-refractivity contribution in [1.29, 1.82) is 0 Å². The molecule has 4 heteroatoms. The average Bonchev–Trinajstić information content (AvgIpc) is 2.73. The van der Waals surface area contributed by atoms with Crippen LogP contribution < -0.4 is 15.0 Å². The van der Waals surface area contributed by atoms with Crippen LogP contribution in [0.5, 0.6) is 5.75 Å². The molecule has 112 valence electrons. The third-order valence-electron chi connectivity index (χ3n) is 4.25. The van der Waals surface area contributed by atoms with Gasteiger partial charge in [0.15, 0.2) is 0 Å². The van der Waals surface area contributed by atoms with E-state index in [0.717, 1.165) is 42.5 Å². The number of anilines is 1. The largest absolute Gasteiger partial charge is 0.497 e. The highest BCUT2D eigenvalue weighted by atomic mass is 35.5. The number of hydrogen-bond donors (Lipinski definition) is 1. The molecular weight excluding hydrogens is 272 g/mol. The second kappa shape index (κ2) is 7.19. The SMILES string of the molecule is CCC(C)C1CN(c2cc(OC)ccc2Cl)CCCN1. The van der Waals surface area contributed by atoms with Gasteiger partial charge in [0.05, 0.1) is 17.8 Å². The number of benzene rings is 1. The van der Waals surface area contributed by atoms with Gasteiger partial charge in [-0.1, -0.05) is 31.9 Å². The molecular formula is C16H25ClN2O. The van der Waals surface area contributed by atoms with E-state index in [9.17, 15) is 0 Å². The second-order valence-electron chi connectivity index (χ2n) is 5.56. The number of ether oxygens (including phenoxy) is 1. The summed E-state index contributed by atoms with van der Waals surface area (Å²) in [6, 6.07) is 6.39. The minimum atomic E-state index is 0.518. The molecule has 1 saturated heterocycles. The van der Waals surface area contributed by atoms with Gasteiger partial charge in [-0.05, 0) is 31.0 Å². The number of nitrogens with one attached hydrogen (secondary N) is 1. The first-order valence-corrected chi connectivity index (χ1v) is 7.85. The molecule has 0 radical (unpaired) electrons. The van der Waals surface area contributed by atoms with Gasteiger partial charge in [-0.15, -0.1) is 0 Å². The molecule has 1 N–H and O–H groups in total. The lowest BCUT2D eigenvalue weighted by atomic mass is 9.99. The molecule has 2 rings (SSSR count). The molecule has 0 saturated carbocycles. The van der Waals surface area contributed by atoms with Crippen molar-refractivity contribution in [3.8, 4) is 5.75 Å². The molecule has 1 fully saturated rings. The molecule has 1 aromatic rings. The first kappa shape index (κ1) is 15.5. The van der Waals surface area contributed by atoms with Crippen LogP contribution in [0.25, 0.3) is 0 Å². The molecule has 1 aliphatic rings. The van der Waals surface area contributed by atoms with Crippen LogP contribution in [0.4, 0.5) is 5.69 Å². The number of methoxy groups -OCH3 is 1. The van der Waals surface area contributed by atoms with E-state index in [4.69, 9.17) is 16.3 Å². The maximum Gasteiger partial charge on any atom is 0.121 e. The summed E-state index contributed by atoms with van der Waals surface area (Å²) in [5, 5.41) is 4.47. The number of hydrogen-bond acceptors (Lipinski definition) is 3. The Bertz CT molecular complexity index is 438. The van der Waals surface area contributed by atoms with Crippen molar-refractivity contribution in [3.05, 3.63) is 23.2 Å². The van der Waals surface area contributed by atoms with Gasteiger partial charge in [0.1, 0.15) is 5.75 Å². The molecule has 1 aromatic carbocycles. The Hall–Kier alpha value is -0.930. The molecule has 0 bridgehead atoms. The molecule has 1 heterocycles. The Labute approximate surface area is 127 Å². The van der Waals surface area contributed by atoms with E-state index in [1.165, 1.54) is 6.42 Å². The highest BCUT2D eigenvalue weighted by Crippen LogP contribution is 2.31. The summed E-state index contributed by atoms with van der Waals surface area (Å²) in [5.74, 6) is 1.53. The van der Waals surface area contributed by atoms with E-state index in [1.807, 2.05) is 18.2 Å². The zero-order chi connectivity index (χ0) is 14.5. The van der Waals surface area contributed by atoms with Crippen LogP contribution >= 0.6 is 11.6 Å². The van der Waals surface area contributed by atoms with Crippen LogP contribution in [-0.4, -0.2) is 32.8 Å². The summed E-state index contributed by atoms with van der Waals surface area (Å²) in [6.07, 6.45) is 2.33. The van der Waals surface area contributed by atoms with E-state index in [0.29, 0.717) is 12.0 Å². The smallest absolute Gasteiger partial charge is 0.121 e. The fourth-order valence-electron chi connectivity index (χ4n) is 2.70. The average molecular weight is 297 g/mol. The van der Waals surface area contributed by atoms with E-state index >= 15 is 0 Å². The van der Waals surface area contributed by atoms with Crippen molar-refractivity contribution < 1.29 is 4.74 Å². The van der Waals surface area contributed by atoms with Gasteiger partial charge in [-0.25, -0.2) is 0 Å². The number of halogens is 1. The molecule has 1 aliphatic heterocycles. The first-order chi connectivity index (χ1) is 9.65. The monoisotopic (exact) mass is 296 g/mol. The van der Waals surface area contributed by atoms with Crippen LogP contribution in [0, 0.1) is 5.92 Å². The quantitative estimate of drug-likeness (QED) is 0.919. The minimum Gasteiger partial charge on any atom is -0.497 e. The molecule has 0 spiro atoms. The Morgan fingerprint density at radius 3 is 3.00 bits per heavy atom. The van der Waals surface area contributed by atoms with Crippen LogP contribution in [0.1, 0.15) is 26.7 Å². The zero-order valence-electron chi connectivity index (χ0n) is 12.7. The van der Waals surface area contributed by atoms with Crippen molar-refractivity contribution in [3.63, 3.8) is 0 Å². The van der Waals surface area contributed by atoms with E-state index < -0.39 is 0 Å². The standard InChI is InChI=1S/C16H25ClN2O/c1-4-12(2)15-11-19(9-5-8-18-15)16-10-13(20-3)6-7-14(16)17/h6-7,10,12,15,18H,4-5,8-9,11H2,1-3H3. The fourth-order valence-corrected chi connectivity index (χ4v) is 2.93. The van der Waals surface area contributed by atoms with Crippen molar-refractivity contribution in [2.75, 3.05) is 31.6 Å². The maximum absolute atomic E-state index is 6.38. The molecule has 0 aliphatic carbocycles. The highest BCUT2D eigenvalue weighted by Gasteiger charge is 2.23. The normalized spacial score (nSPS) is 21.4. The van der Waals surface area contributed by atoms with Crippen molar-refractivity contribution in [2.24, 2.45) is 5.92 Å². The van der Waals surface area contributed by atoms with Crippen molar-refractivity contribution in [2.45, 2.75) is 32.7 Å². The molecule has 2 unspecified atom stereocenters. The Kier molecular flexibility index (Phi) is 5.55. The summed E-state index contributed by atoms with van der Waals surface area (Å²) >= 11 is 6.38. The predicted molar refractivity (Wildman–Crippen MR) is 86.1 cm³/mol. The molecule has 20 heavy (non-hydrogen) atoms. The van der Waals surface area contributed by atoms with Crippen LogP contribution in [0.2, 0.25) is 5.02 Å². The summed E-state index contributed by atoms with van der Waals surface area (Å²) in [5.41, 5.74) is 1.09. The van der Waals surface area contributed by atoms with Crippen molar-refractivity contribution in [1.82, 2.24) is 5.32 Å². The van der Waals surface area contributed by atoms with E-state index in [2.05, 4.69) is 24.1 Å². The molecule has 0 amide bonds. The van der Waals surface area contributed by atoms with E-state index in [-0.39, 0.29) is 0 Å². The Morgan fingerprint density at radius 2 is 2.30 bits per heavy atom. The van der Waals surface area contributed by atoms with Gasteiger partial charge in [-0.2, -0.15) is 0 Å². The predicted octanol–water partition coefficient (Wildman–Crippen LogP) is 3.56. The fraction of sp³-hybridized carbons (Fsp3) is 0.625. The van der Waals surface area contributed by atoms with Gasteiger partial charge < -0.3 is 15.0 Å². The van der Waals surface area contributed by atoms with Gasteiger partial charge in [0, 0.05) is 25.2 Å². The topological polar surface area (TPSA) is 24.5 Å². The zero-order valence-corrected chi connectivity index (χ0v) is 13.4. The van der Waals surface area contributed by atoms with Crippen LogP contribution in [0.15, 0.2) is 18.2 Å².